The Labute approximate surface area is 192 Å². The van der Waals surface area contributed by atoms with Crippen LogP contribution in [-0.4, -0.2) is 17.9 Å². The molecule has 2 rings (SSSR count). The van der Waals surface area contributed by atoms with Crippen molar-refractivity contribution in [3.05, 3.63) is 101 Å². The fourth-order valence-electron chi connectivity index (χ4n) is 2.32. The Bertz CT molecular complexity index is 852. The van der Waals surface area contributed by atoms with Crippen LogP contribution in [0.3, 0.4) is 0 Å². The molecule has 31 heavy (non-hydrogen) atoms. The van der Waals surface area contributed by atoms with Gasteiger partial charge in [-0.25, -0.2) is 5.84 Å². The van der Waals surface area contributed by atoms with E-state index in [1.807, 2.05) is 63.2 Å². The second-order valence-electron chi connectivity index (χ2n) is 6.28. The molecule has 0 saturated carbocycles. The van der Waals surface area contributed by atoms with Crippen LogP contribution >= 0.6 is 12.6 Å². The molecule has 6 heteroatoms. The first kappa shape index (κ1) is 28.0. The molecule has 0 radical (unpaired) electrons. The molecule has 4 N–H and O–H groups in total. The van der Waals surface area contributed by atoms with E-state index in [2.05, 4.69) is 19.2 Å². The Morgan fingerprint density at radius 1 is 1.10 bits per heavy atom. The van der Waals surface area contributed by atoms with Gasteiger partial charge in [-0.1, -0.05) is 62.9 Å². The minimum Gasteiger partial charge on any atom is -0.497 e. The molecule has 5 nitrogen and oxygen atoms in total. The van der Waals surface area contributed by atoms with Crippen molar-refractivity contribution < 1.29 is 9.53 Å². The third-order valence-electron chi connectivity index (χ3n) is 3.82. The summed E-state index contributed by atoms with van der Waals surface area (Å²) >= 11 is 4.16. The predicted molar refractivity (Wildman–Crippen MR) is 135 cm³/mol. The maximum Gasteiger partial charge on any atom is 0.194 e. The van der Waals surface area contributed by atoms with Gasteiger partial charge in [0.1, 0.15) is 5.75 Å². The van der Waals surface area contributed by atoms with Gasteiger partial charge < -0.3 is 15.5 Å². The minimum absolute atomic E-state index is 0.0750. The number of allylic oxidation sites excluding steroid dienone is 4. The molecule has 0 spiro atoms. The van der Waals surface area contributed by atoms with Crippen molar-refractivity contribution in [3.63, 3.8) is 0 Å². The highest BCUT2D eigenvalue weighted by atomic mass is 32.1. The molecule has 0 amide bonds. The number of rotatable bonds is 7. The molecule has 0 unspecified atom stereocenters. The van der Waals surface area contributed by atoms with Crippen molar-refractivity contribution >= 4 is 18.4 Å². The zero-order valence-electron chi connectivity index (χ0n) is 19.1. The summed E-state index contributed by atoms with van der Waals surface area (Å²) in [6, 6.07) is 16.8. The zero-order chi connectivity index (χ0) is 23.8. The first-order valence-electron chi connectivity index (χ1n) is 9.98. The van der Waals surface area contributed by atoms with Crippen molar-refractivity contribution in [2.45, 2.75) is 34.2 Å². The minimum atomic E-state index is -0.0750. The Hall–Kier alpha value is -2.96. The molecule has 0 saturated heterocycles. The van der Waals surface area contributed by atoms with Gasteiger partial charge in [-0.2, -0.15) is 0 Å². The smallest absolute Gasteiger partial charge is 0.194 e. The summed E-state index contributed by atoms with van der Waals surface area (Å²) < 4.78 is 5.04. The van der Waals surface area contributed by atoms with Crippen LogP contribution in [-0.2, 0) is 6.54 Å². The average Bonchev–Trinajstić information content (AvgIpc) is 2.79. The highest BCUT2D eigenvalue weighted by Gasteiger charge is 2.11. The van der Waals surface area contributed by atoms with Crippen LogP contribution in [0, 0.1) is 0 Å². The van der Waals surface area contributed by atoms with E-state index in [-0.39, 0.29) is 5.78 Å². The molecule has 0 aliphatic carbocycles. The molecule has 0 atom stereocenters. The number of carbonyl (C=O) groups is 1. The SMILES string of the molecule is C/C(S)=C/C(C(=O)c1ccccc1)=C(\C)N.C=CN(N)Cc1ccc(OC)cc1.CC. The van der Waals surface area contributed by atoms with Crippen LogP contribution in [0.2, 0.25) is 0 Å². The number of nitrogens with two attached hydrogens (primary N) is 2. The zero-order valence-corrected chi connectivity index (χ0v) is 20.0. The third-order valence-corrected chi connectivity index (χ3v) is 3.95. The van der Waals surface area contributed by atoms with Crippen molar-refractivity contribution in [2.24, 2.45) is 11.6 Å². The molecule has 2 aromatic rings. The second-order valence-corrected chi connectivity index (χ2v) is 6.99. The van der Waals surface area contributed by atoms with E-state index in [1.165, 1.54) is 5.01 Å². The lowest BCUT2D eigenvalue weighted by atomic mass is 10.0. The molecule has 2 aromatic carbocycles. The van der Waals surface area contributed by atoms with Crippen LogP contribution in [0.5, 0.6) is 5.75 Å². The molecule has 0 heterocycles. The van der Waals surface area contributed by atoms with E-state index in [9.17, 15) is 4.79 Å². The number of nitrogens with zero attached hydrogens (tertiary/aromatic N) is 1. The summed E-state index contributed by atoms with van der Waals surface area (Å²) in [6.07, 6.45) is 3.28. The average molecular weight is 442 g/mol. The molecule has 0 aromatic heterocycles. The van der Waals surface area contributed by atoms with Crippen LogP contribution < -0.4 is 16.3 Å². The van der Waals surface area contributed by atoms with Crippen molar-refractivity contribution in [2.75, 3.05) is 7.11 Å². The number of ether oxygens (including phenoxy) is 1. The summed E-state index contributed by atoms with van der Waals surface area (Å²) in [6.45, 7) is 11.7. The highest BCUT2D eigenvalue weighted by Crippen LogP contribution is 2.15. The van der Waals surface area contributed by atoms with Gasteiger partial charge in [-0.05, 0) is 42.5 Å². The van der Waals surface area contributed by atoms with E-state index in [0.29, 0.717) is 23.4 Å². The lowest BCUT2D eigenvalue weighted by Crippen LogP contribution is -2.23. The number of carbonyl (C=O) groups excluding carboxylic acids is 1. The number of hydrazine groups is 1. The molecule has 0 aliphatic rings. The fourth-order valence-corrected chi connectivity index (χ4v) is 2.45. The first-order valence-corrected chi connectivity index (χ1v) is 10.4. The first-order chi connectivity index (χ1) is 14.8. The quantitative estimate of drug-likeness (QED) is 0.132. The Kier molecular flexibility index (Phi) is 14.3. The summed E-state index contributed by atoms with van der Waals surface area (Å²) in [5.41, 5.74) is 8.46. The standard InChI is InChI=1S/C13H15NOS.C10H14N2O.C2H6/c1-9(16)8-12(10(2)14)13(15)11-6-4-3-5-7-11;1-3-12(11)8-9-4-6-10(13-2)7-5-9;1-2/h3-8,16H,14H2,1-2H3;3-7H,1,8,11H2,2H3;1-2H3/b9-8-,12-10-;;. The van der Waals surface area contributed by atoms with Crippen molar-refractivity contribution in [3.8, 4) is 5.75 Å². The van der Waals surface area contributed by atoms with Crippen LogP contribution in [0.25, 0.3) is 0 Å². The van der Waals surface area contributed by atoms with E-state index in [1.54, 1.807) is 38.4 Å². The van der Waals surface area contributed by atoms with E-state index in [0.717, 1.165) is 16.2 Å². The predicted octanol–water partition coefficient (Wildman–Crippen LogP) is 5.48. The molecule has 0 fully saturated rings. The lowest BCUT2D eigenvalue weighted by Gasteiger charge is -2.12. The van der Waals surface area contributed by atoms with Gasteiger partial charge in [0.15, 0.2) is 5.78 Å². The largest absolute Gasteiger partial charge is 0.497 e. The number of Topliss-reactive ketones (excluding diaryl/α,β-unsaturated/α-hetero) is 1. The normalized spacial score (nSPS) is 11.0. The molecule has 0 bridgehead atoms. The van der Waals surface area contributed by atoms with Crippen LogP contribution in [0.1, 0.15) is 43.6 Å². The number of hydrogen-bond donors (Lipinski definition) is 3. The van der Waals surface area contributed by atoms with Gasteiger partial charge in [0.2, 0.25) is 0 Å². The summed E-state index contributed by atoms with van der Waals surface area (Å²) in [7, 11) is 1.65. The van der Waals surface area contributed by atoms with Crippen molar-refractivity contribution in [1.29, 1.82) is 0 Å². The Morgan fingerprint density at radius 3 is 2.06 bits per heavy atom. The molecular formula is C25H35N3O2S. The van der Waals surface area contributed by atoms with Gasteiger partial charge in [0.05, 0.1) is 13.7 Å². The van der Waals surface area contributed by atoms with Gasteiger partial charge in [0, 0.05) is 23.0 Å². The van der Waals surface area contributed by atoms with E-state index < -0.39 is 0 Å². The van der Waals surface area contributed by atoms with Gasteiger partial charge in [-0.3, -0.25) is 4.79 Å². The highest BCUT2D eigenvalue weighted by molar-refractivity contribution is 7.84. The second kappa shape index (κ2) is 15.8. The Morgan fingerprint density at radius 2 is 1.65 bits per heavy atom. The molecule has 0 aliphatic heterocycles. The number of benzene rings is 2. The maximum atomic E-state index is 12.1. The van der Waals surface area contributed by atoms with Crippen LogP contribution in [0.4, 0.5) is 0 Å². The number of hydrogen-bond acceptors (Lipinski definition) is 6. The lowest BCUT2D eigenvalue weighted by molar-refractivity contribution is 0.103. The van der Waals surface area contributed by atoms with E-state index >= 15 is 0 Å². The maximum absolute atomic E-state index is 12.1. The number of ketones is 1. The summed E-state index contributed by atoms with van der Waals surface area (Å²) in [5, 5.41) is 1.53. The van der Waals surface area contributed by atoms with E-state index in [4.69, 9.17) is 16.3 Å². The third kappa shape index (κ3) is 11.1. The monoisotopic (exact) mass is 441 g/mol. The van der Waals surface area contributed by atoms with Crippen LogP contribution in [0.15, 0.2) is 89.6 Å². The number of methoxy groups -OCH3 is 1. The van der Waals surface area contributed by atoms with Gasteiger partial charge >= 0.3 is 0 Å². The number of thiol groups is 1. The summed E-state index contributed by atoms with van der Waals surface area (Å²) in [4.78, 5) is 12.9. The topological polar surface area (TPSA) is 81.6 Å². The molecular weight excluding hydrogens is 406 g/mol. The Balaban J connectivity index is 0.000000547. The van der Waals surface area contributed by atoms with Gasteiger partial charge in [0.25, 0.3) is 0 Å². The fraction of sp³-hybridized carbons (Fsp3) is 0.240. The molecule has 168 valence electrons. The van der Waals surface area contributed by atoms with Crippen molar-refractivity contribution in [1.82, 2.24) is 5.01 Å². The summed E-state index contributed by atoms with van der Waals surface area (Å²) in [5.74, 6) is 6.34. The van der Waals surface area contributed by atoms with Gasteiger partial charge in [-0.15, -0.1) is 12.6 Å².